The number of carbonyl (C=O) groups excluding carboxylic acids is 8. The molecule has 0 aliphatic heterocycles. The molecule has 20 heteroatoms. The van der Waals surface area contributed by atoms with Gasteiger partial charge in [-0.3, -0.25) is 33.6 Å². The van der Waals surface area contributed by atoms with E-state index in [4.69, 9.17) is 23.7 Å². The summed E-state index contributed by atoms with van der Waals surface area (Å²) in [5.41, 5.74) is 0. The highest BCUT2D eigenvalue weighted by molar-refractivity contribution is 5.80. The molecule has 0 radical (unpaired) electrons. The van der Waals surface area contributed by atoms with Crippen LogP contribution in [0.3, 0.4) is 0 Å². The number of rotatable bonds is 35. The highest BCUT2D eigenvalue weighted by atomic mass is 16.6. The molecular weight excluding hydrogens is 945 g/mol. The normalized spacial score (nSPS) is 9.19. The molecule has 0 heterocycles. The van der Waals surface area contributed by atoms with Gasteiger partial charge in [-0.15, -0.1) is 0 Å². The predicted octanol–water partition coefficient (Wildman–Crippen LogP) is 7.46. The summed E-state index contributed by atoms with van der Waals surface area (Å²) in [6.07, 6.45) is 9.85. The molecule has 434 valence electrons. The van der Waals surface area contributed by atoms with Gasteiger partial charge < -0.3 is 61.6 Å². The van der Waals surface area contributed by atoms with Crippen molar-refractivity contribution >= 4 is 46.6 Å². The van der Waals surface area contributed by atoms with E-state index in [1.807, 2.05) is 34.6 Å². The van der Waals surface area contributed by atoms with E-state index in [1.165, 1.54) is 21.3 Å². The lowest BCUT2D eigenvalue weighted by atomic mass is 10.2. The van der Waals surface area contributed by atoms with Crippen LogP contribution >= 0.6 is 0 Å². The van der Waals surface area contributed by atoms with Gasteiger partial charge in [0.05, 0.1) is 33.5 Å². The van der Waals surface area contributed by atoms with E-state index in [1.54, 1.807) is 70.7 Å². The smallest absolute Gasteiger partial charge is 0.305 e. The first-order chi connectivity index (χ1) is 34.3. The molecule has 0 atom stereocenters. The second-order valence-electron chi connectivity index (χ2n) is 14.3. The van der Waals surface area contributed by atoms with Crippen LogP contribution in [0.15, 0.2) is 0 Å². The van der Waals surface area contributed by atoms with Crippen molar-refractivity contribution < 1.29 is 95.2 Å². The summed E-state index contributed by atoms with van der Waals surface area (Å²) in [5.74, 6) is 1.12. The number of carbonyl (C=O) groups is 8. The molecule has 0 aliphatic rings. The zero-order valence-electron chi connectivity index (χ0n) is 48.5. The minimum Gasteiger partial charge on any atom is -0.469 e. The number of ether oxygens (including phenoxy) is 12. The number of hydrogen-bond acceptors (Lipinski definition) is 20. The molecule has 0 aromatic heterocycles. The van der Waals surface area contributed by atoms with Crippen molar-refractivity contribution in [3.63, 3.8) is 0 Å². The minimum atomic E-state index is -0.174. The van der Waals surface area contributed by atoms with Gasteiger partial charge >= 0.3 is 11.9 Å². The Bertz CT molecular complexity index is 1020. The fourth-order valence-corrected chi connectivity index (χ4v) is 3.54. The Kier molecular flexibility index (Phi) is 107. The largest absolute Gasteiger partial charge is 0.469 e. The van der Waals surface area contributed by atoms with Crippen LogP contribution in [-0.2, 0) is 95.2 Å². The molecule has 0 spiro atoms. The Balaban J connectivity index is -0.0000000888. The Hall–Kier alpha value is -3.44. The summed E-state index contributed by atoms with van der Waals surface area (Å²) < 4.78 is 55.9. The topological polar surface area (TPSA) is 247 Å². The molecule has 0 aromatic rings. The number of ketones is 6. The summed E-state index contributed by atoms with van der Waals surface area (Å²) >= 11 is 0. The minimum absolute atomic E-state index is 0.155. The highest BCUT2D eigenvalue weighted by Crippen LogP contribution is 1.95. The second kappa shape index (κ2) is 87.3. The van der Waals surface area contributed by atoms with E-state index in [2.05, 4.69) is 33.2 Å². The van der Waals surface area contributed by atoms with Crippen molar-refractivity contribution in [2.75, 3.05) is 151 Å². The molecular formula is C52H106O20. The molecule has 0 N–H and O–H groups in total. The molecule has 0 saturated heterocycles. The number of methoxy groups -OCH3 is 11. The average Bonchev–Trinajstić information content (AvgIpc) is 3.38. The third-order valence-electron chi connectivity index (χ3n) is 7.94. The molecule has 0 amide bonds. The summed E-state index contributed by atoms with van der Waals surface area (Å²) in [7, 11) is 17.4. The van der Waals surface area contributed by atoms with Crippen LogP contribution in [0.4, 0.5) is 0 Å². The molecule has 0 saturated carbocycles. The van der Waals surface area contributed by atoms with Gasteiger partial charge in [0.15, 0.2) is 11.6 Å². The lowest BCUT2D eigenvalue weighted by Crippen LogP contribution is -2.07. The van der Waals surface area contributed by atoms with Gasteiger partial charge in [-0.05, 0) is 32.6 Å². The Labute approximate surface area is 436 Å². The number of hydrogen-bond donors (Lipinski definition) is 0. The Morgan fingerprint density at radius 1 is 0.278 bits per heavy atom. The van der Waals surface area contributed by atoms with E-state index < -0.39 is 0 Å². The summed E-state index contributed by atoms with van der Waals surface area (Å²) in [4.78, 5) is 83.4. The maximum absolute atomic E-state index is 10.6. The van der Waals surface area contributed by atoms with E-state index in [0.29, 0.717) is 142 Å². The standard InChI is InChI=1S/2C7H14O2.2C6H12O3.2C6H12O2.2C5H10O2.C4H10O2/c2*1-3-7(8)5-4-6-9-2;1-8-5-3-4-6(7)9-2;1-3-6(7)9-5-4-8-2;1-6(7)4-3-5-8-2;1-3-6(7)4-5-8-2;2*1-3-5(6)4-7-2;1-5-3-4-6-2/h2*3-6H2,1-2H3;2*3-5H2,1-2H3;2*3-5H2,1-2H3;2*3-4H2,1-2H3;3-4H2,1-2H3. The lowest BCUT2D eigenvalue weighted by molar-refractivity contribution is -0.144. The van der Waals surface area contributed by atoms with Gasteiger partial charge in [-0.2, -0.15) is 0 Å². The third kappa shape index (κ3) is 121. The zero-order chi connectivity index (χ0) is 57.5. The van der Waals surface area contributed by atoms with Crippen LogP contribution in [0.5, 0.6) is 0 Å². The first-order valence-electron chi connectivity index (χ1n) is 24.5. The van der Waals surface area contributed by atoms with Crippen LogP contribution in [0.2, 0.25) is 0 Å². The molecule has 72 heavy (non-hydrogen) atoms. The fourth-order valence-electron chi connectivity index (χ4n) is 3.54. The van der Waals surface area contributed by atoms with Gasteiger partial charge in [0.1, 0.15) is 43.0 Å². The van der Waals surface area contributed by atoms with Crippen LogP contribution in [-0.4, -0.2) is 198 Å². The zero-order valence-corrected chi connectivity index (χ0v) is 48.5. The summed E-state index contributed by atoms with van der Waals surface area (Å²) in [6, 6.07) is 0. The number of Topliss-reactive ketones (excluding diaryl/α,β-unsaturated/α-hetero) is 6. The third-order valence-corrected chi connectivity index (χ3v) is 7.94. The van der Waals surface area contributed by atoms with Crippen LogP contribution in [0.1, 0.15) is 145 Å². The van der Waals surface area contributed by atoms with Crippen LogP contribution in [0, 0.1) is 0 Å². The quantitative estimate of drug-likeness (QED) is 0.0441. The van der Waals surface area contributed by atoms with E-state index in [-0.39, 0.29) is 48.3 Å². The first kappa shape index (κ1) is 88.2. The molecule has 0 rings (SSSR count). The van der Waals surface area contributed by atoms with Crippen molar-refractivity contribution in [2.45, 2.75) is 145 Å². The molecule has 0 bridgehead atoms. The highest BCUT2D eigenvalue weighted by Gasteiger charge is 1.99. The van der Waals surface area contributed by atoms with Crippen molar-refractivity contribution in [1.82, 2.24) is 0 Å². The first-order valence-corrected chi connectivity index (χ1v) is 24.5. The van der Waals surface area contributed by atoms with Gasteiger partial charge in [0.2, 0.25) is 0 Å². The van der Waals surface area contributed by atoms with E-state index in [0.717, 1.165) is 25.7 Å². The molecule has 0 aromatic carbocycles. The summed E-state index contributed by atoms with van der Waals surface area (Å²) in [6.45, 7) is 18.6. The SMILES string of the molecule is CCC(=O)CCCOC.CCC(=O)CCCOC.CCC(=O)CCOC.CCC(=O)COC.CCC(=O)COC.CCC(=O)OCCOC.COCCCC(=O)OC.COCCCC(C)=O.COCCOC. The maximum atomic E-state index is 10.6. The van der Waals surface area contributed by atoms with Gasteiger partial charge in [0, 0.05) is 168 Å². The molecule has 0 fully saturated rings. The van der Waals surface area contributed by atoms with Crippen molar-refractivity contribution in [3.8, 4) is 0 Å². The van der Waals surface area contributed by atoms with Crippen molar-refractivity contribution in [2.24, 2.45) is 0 Å². The fraction of sp³-hybridized carbons (Fsp3) is 0.846. The van der Waals surface area contributed by atoms with Crippen LogP contribution in [0.25, 0.3) is 0 Å². The monoisotopic (exact) mass is 1050 g/mol. The lowest BCUT2D eigenvalue weighted by Gasteiger charge is -1.99. The second-order valence-corrected chi connectivity index (χ2v) is 14.3. The van der Waals surface area contributed by atoms with E-state index >= 15 is 0 Å². The average molecular weight is 1050 g/mol. The van der Waals surface area contributed by atoms with Crippen molar-refractivity contribution in [3.05, 3.63) is 0 Å². The van der Waals surface area contributed by atoms with Gasteiger partial charge in [-0.1, -0.05) is 41.5 Å². The molecule has 20 nitrogen and oxygen atoms in total. The Morgan fingerprint density at radius 3 is 0.819 bits per heavy atom. The summed E-state index contributed by atoms with van der Waals surface area (Å²) in [5, 5.41) is 0. The Morgan fingerprint density at radius 2 is 0.569 bits per heavy atom. The van der Waals surface area contributed by atoms with Gasteiger partial charge in [-0.25, -0.2) is 0 Å². The van der Waals surface area contributed by atoms with Crippen LogP contribution < -0.4 is 0 Å². The van der Waals surface area contributed by atoms with Gasteiger partial charge in [0.25, 0.3) is 0 Å². The number of esters is 2. The molecule has 0 aliphatic carbocycles. The maximum Gasteiger partial charge on any atom is 0.305 e. The van der Waals surface area contributed by atoms with Crippen molar-refractivity contribution in [1.29, 1.82) is 0 Å². The van der Waals surface area contributed by atoms with E-state index in [9.17, 15) is 38.4 Å². The predicted molar refractivity (Wildman–Crippen MR) is 281 cm³/mol. The molecule has 0 unspecified atom stereocenters.